The Bertz CT molecular complexity index is 473. The van der Waals surface area contributed by atoms with E-state index in [1.165, 1.54) is 0 Å². The summed E-state index contributed by atoms with van der Waals surface area (Å²) in [7, 11) is 0. The van der Waals surface area contributed by atoms with Gasteiger partial charge in [-0.1, -0.05) is 34.1 Å². The average Bonchev–Trinajstić information content (AvgIpc) is 2.92. The van der Waals surface area contributed by atoms with E-state index in [0.717, 1.165) is 12.8 Å². The SMILES string of the molecule is CCC1CCN(C(=O)C(NC=O)C2(C)COC2)[C@@H]1C(=O)C(C)C. The Morgan fingerprint density at radius 3 is 2.48 bits per heavy atom. The summed E-state index contributed by atoms with van der Waals surface area (Å²) in [4.78, 5) is 38.4. The number of Topliss-reactive ketones (excluding diaryl/α,β-unsaturated/α-hetero) is 1. The molecule has 6 heteroatoms. The van der Waals surface area contributed by atoms with Gasteiger partial charge in [-0.25, -0.2) is 0 Å². The van der Waals surface area contributed by atoms with Gasteiger partial charge in [-0.05, 0) is 12.3 Å². The van der Waals surface area contributed by atoms with Crippen molar-refractivity contribution in [1.29, 1.82) is 0 Å². The lowest BCUT2D eigenvalue weighted by atomic mass is 9.79. The van der Waals surface area contributed by atoms with Gasteiger partial charge in [-0.15, -0.1) is 0 Å². The van der Waals surface area contributed by atoms with E-state index in [2.05, 4.69) is 12.2 Å². The molecule has 2 unspecified atom stereocenters. The molecule has 23 heavy (non-hydrogen) atoms. The quantitative estimate of drug-likeness (QED) is 0.709. The third-order valence-electron chi connectivity index (χ3n) is 5.23. The fourth-order valence-electron chi connectivity index (χ4n) is 3.65. The lowest BCUT2D eigenvalue weighted by molar-refractivity contribution is -0.160. The molecule has 0 saturated carbocycles. The predicted molar refractivity (Wildman–Crippen MR) is 85.7 cm³/mol. The number of amides is 2. The summed E-state index contributed by atoms with van der Waals surface area (Å²) in [6.45, 7) is 9.20. The van der Waals surface area contributed by atoms with Crippen molar-refractivity contribution < 1.29 is 19.1 Å². The molecule has 2 saturated heterocycles. The summed E-state index contributed by atoms with van der Waals surface area (Å²) < 4.78 is 5.24. The van der Waals surface area contributed by atoms with E-state index in [0.29, 0.717) is 26.2 Å². The number of ether oxygens (including phenoxy) is 1. The number of nitrogens with zero attached hydrogens (tertiary/aromatic N) is 1. The molecule has 0 aromatic rings. The Kier molecular flexibility index (Phi) is 5.45. The molecule has 2 heterocycles. The molecule has 0 radical (unpaired) electrons. The Hall–Kier alpha value is -1.43. The predicted octanol–water partition coefficient (Wildman–Crippen LogP) is 0.990. The number of carbonyl (C=O) groups is 3. The molecule has 0 aromatic carbocycles. The van der Waals surface area contributed by atoms with Gasteiger partial charge < -0.3 is 15.0 Å². The van der Waals surface area contributed by atoms with Crippen molar-refractivity contribution in [3.05, 3.63) is 0 Å². The normalized spacial score (nSPS) is 27.4. The summed E-state index contributed by atoms with van der Waals surface area (Å²) in [5.74, 6) is 0.0548. The molecule has 2 amide bonds. The number of likely N-dealkylation sites (tertiary alicyclic amines) is 1. The molecule has 2 fully saturated rings. The van der Waals surface area contributed by atoms with Gasteiger partial charge in [0.1, 0.15) is 6.04 Å². The van der Waals surface area contributed by atoms with Crippen molar-refractivity contribution in [2.75, 3.05) is 19.8 Å². The molecule has 0 aromatic heterocycles. The van der Waals surface area contributed by atoms with Gasteiger partial charge in [-0.3, -0.25) is 14.4 Å². The Morgan fingerprint density at radius 2 is 2.04 bits per heavy atom. The first-order valence-electron chi connectivity index (χ1n) is 8.47. The van der Waals surface area contributed by atoms with Crippen LogP contribution in [-0.4, -0.2) is 54.8 Å². The van der Waals surface area contributed by atoms with E-state index < -0.39 is 11.5 Å². The maximum Gasteiger partial charge on any atom is 0.246 e. The molecular weight excluding hydrogens is 296 g/mol. The van der Waals surface area contributed by atoms with E-state index >= 15 is 0 Å². The first kappa shape index (κ1) is 17.9. The molecule has 0 aliphatic carbocycles. The van der Waals surface area contributed by atoms with Crippen LogP contribution in [0.15, 0.2) is 0 Å². The molecule has 2 rings (SSSR count). The van der Waals surface area contributed by atoms with Crippen LogP contribution in [0.1, 0.15) is 40.5 Å². The van der Waals surface area contributed by atoms with Crippen LogP contribution in [0.4, 0.5) is 0 Å². The van der Waals surface area contributed by atoms with Crippen LogP contribution >= 0.6 is 0 Å². The molecule has 130 valence electrons. The lowest BCUT2D eigenvalue weighted by Crippen LogP contribution is -2.63. The highest BCUT2D eigenvalue weighted by atomic mass is 16.5. The molecule has 6 nitrogen and oxygen atoms in total. The maximum absolute atomic E-state index is 13.1. The minimum atomic E-state index is -0.633. The zero-order chi connectivity index (χ0) is 17.2. The van der Waals surface area contributed by atoms with Crippen LogP contribution in [0.3, 0.4) is 0 Å². The van der Waals surface area contributed by atoms with Crippen molar-refractivity contribution in [3.8, 4) is 0 Å². The third-order valence-corrected chi connectivity index (χ3v) is 5.23. The molecule has 2 aliphatic rings. The van der Waals surface area contributed by atoms with Gasteiger partial charge in [0.2, 0.25) is 12.3 Å². The number of ketones is 1. The zero-order valence-electron chi connectivity index (χ0n) is 14.5. The fraction of sp³-hybridized carbons (Fsp3) is 0.824. The largest absolute Gasteiger partial charge is 0.380 e. The van der Waals surface area contributed by atoms with E-state index in [9.17, 15) is 14.4 Å². The van der Waals surface area contributed by atoms with Crippen LogP contribution in [0.5, 0.6) is 0 Å². The number of nitrogens with one attached hydrogen (secondary N) is 1. The van der Waals surface area contributed by atoms with E-state index in [-0.39, 0.29) is 29.6 Å². The average molecular weight is 324 g/mol. The van der Waals surface area contributed by atoms with Gasteiger partial charge >= 0.3 is 0 Å². The van der Waals surface area contributed by atoms with Crippen molar-refractivity contribution in [2.45, 2.75) is 52.6 Å². The second kappa shape index (κ2) is 6.99. The molecule has 0 spiro atoms. The number of carbonyl (C=O) groups excluding carboxylic acids is 3. The van der Waals surface area contributed by atoms with Gasteiger partial charge in [-0.2, -0.15) is 0 Å². The Labute approximate surface area is 137 Å². The standard InChI is InChI=1S/C17H28N2O4/c1-5-12-6-7-19(13(12)14(21)11(2)3)16(22)15(18-10-20)17(4)8-23-9-17/h10-13,15H,5-9H2,1-4H3,(H,18,20)/t12?,13-,15?/m0/s1. The van der Waals surface area contributed by atoms with Gasteiger partial charge in [0.15, 0.2) is 5.78 Å². The number of hydrogen-bond donors (Lipinski definition) is 1. The Morgan fingerprint density at radius 1 is 1.39 bits per heavy atom. The summed E-state index contributed by atoms with van der Waals surface area (Å²) in [6, 6.07) is -1.00. The van der Waals surface area contributed by atoms with Crippen LogP contribution < -0.4 is 5.32 Å². The molecular formula is C17H28N2O4. The number of hydrogen-bond acceptors (Lipinski definition) is 4. The second-order valence-corrected chi connectivity index (χ2v) is 7.35. The van der Waals surface area contributed by atoms with E-state index in [1.807, 2.05) is 20.8 Å². The van der Waals surface area contributed by atoms with E-state index in [4.69, 9.17) is 4.74 Å². The lowest BCUT2D eigenvalue weighted by Gasteiger charge is -2.45. The van der Waals surface area contributed by atoms with Crippen LogP contribution in [0.25, 0.3) is 0 Å². The molecule has 0 bridgehead atoms. The zero-order valence-corrected chi connectivity index (χ0v) is 14.5. The topological polar surface area (TPSA) is 75.7 Å². The highest BCUT2D eigenvalue weighted by Crippen LogP contribution is 2.35. The smallest absolute Gasteiger partial charge is 0.246 e. The molecule has 1 N–H and O–H groups in total. The van der Waals surface area contributed by atoms with Gasteiger partial charge in [0.25, 0.3) is 0 Å². The van der Waals surface area contributed by atoms with Crippen LogP contribution in [0.2, 0.25) is 0 Å². The van der Waals surface area contributed by atoms with Crippen molar-refractivity contribution in [2.24, 2.45) is 17.3 Å². The monoisotopic (exact) mass is 324 g/mol. The fourth-order valence-corrected chi connectivity index (χ4v) is 3.65. The van der Waals surface area contributed by atoms with Crippen LogP contribution in [0, 0.1) is 17.3 Å². The first-order chi connectivity index (χ1) is 10.9. The minimum Gasteiger partial charge on any atom is -0.380 e. The summed E-state index contributed by atoms with van der Waals surface area (Å²) in [6.07, 6.45) is 2.28. The molecule has 3 atom stereocenters. The summed E-state index contributed by atoms with van der Waals surface area (Å²) in [5, 5.41) is 2.66. The van der Waals surface area contributed by atoms with Crippen molar-refractivity contribution in [3.63, 3.8) is 0 Å². The van der Waals surface area contributed by atoms with Crippen molar-refractivity contribution >= 4 is 18.1 Å². The van der Waals surface area contributed by atoms with Crippen molar-refractivity contribution in [1.82, 2.24) is 10.2 Å². The van der Waals surface area contributed by atoms with Crippen LogP contribution in [-0.2, 0) is 19.1 Å². The number of rotatable bonds is 7. The first-order valence-corrected chi connectivity index (χ1v) is 8.47. The summed E-state index contributed by atoms with van der Waals surface area (Å²) >= 11 is 0. The van der Waals surface area contributed by atoms with E-state index in [1.54, 1.807) is 4.90 Å². The molecule has 2 aliphatic heterocycles. The Balaban J connectivity index is 2.24. The second-order valence-electron chi connectivity index (χ2n) is 7.35. The maximum atomic E-state index is 13.1. The summed E-state index contributed by atoms with van der Waals surface area (Å²) in [5.41, 5.74) is -0.395. The minimum absolute atomic E-state index is 0.109. The van der Waals surface area contributed by atoms with Gasteiger partial charge in [0, 0.05) is 17.9 Å². The highest BCUT2D eigenvalue weighted by molar-refractivity contribution is 5.93. The van der Waals surface area contributed by atoms with Gasteiger partial charge in [0.05, 0.1) is 19.3 Å². The highest BCUT2D eigenvalue weighted by Gasteiger charge is 2.50. The third kappa shape index (κ3) is 3.27.